The Morgan fingerprint density at radius 3 is 2.72 bits per heavy atom. The zero-order valence-corrected chi connectivity index (χ0v) is 13.8. The van der Waals surface area contributed by atoms with Gasteiger partial charge in [-0.3, -0.25) is 10.1 Å². The van der Waals surface area contributed by atoms with Crippen LogP contribution in [0.2, 0.25) is 0 Å². The predicted octanol–water partition coefficient (Wildman–Crippen LogP) is 3.43. The summed E-state index contributed by atoms with van der Waals surface area (Å²) in [4.78, 5) is 22.0. The number of amides is 1. The van der Waals surface area contributed by atoms with Crippen LogP contribution in [0.1, 0.15) is 16.7 Å². The molecule has 7 heteroatoms. The molecular weight excluding hydrogens is 322 g/mol. The highest BCUT2D eigenvalue weighted by molar-refractivity contribution is 5.70. The van der Waals surface area contributed by atoms with E-state index >= 15 is 0 Å². The minimum Gasteiger partial charge on any atom is -0.445 e. The summed E-state index contributed by atoms with van der Waals surface area (Å²) in [6.45, 7) is 2.10. The van der Waals surface area contributed by atoms with Gasteiger partial charge in [0.2, 0.25) is 0 Å². The molecule has 7 nitrogen and oxygen atoms in total. The predicted molar refractivity (Wildman–Crippen MR) is 95.9 cm³/mol. The number of nitro groups is 1. The molecule has 0 saturated heterocycles. The number of carbonyl (C=O) groups is 1. The zero-order valence-electron chi connectivity index (χ0n) is 13.8. The molecule has 25 heavy (non-hydrogen) atoms. The van der Waals surface area contributed by atoms with Gasteiger partial charge >= 0.3 is 6.09 Å². The molecular formula is C18H19N3O4. The number of ether oxygens (including phenoxy) is 1. The quantitative estimate of drug-likeness (QED) is 0.475. The minimum absolute atomic E-state index is 0.0164. The van der Waals surface area contributed by atoms with Crippen molar-refractivity contribution in [2.24, 2.45) is 0 Å². The van der Waals surface area contributed by atoms with Gasteiger partial charge in [0.15, 0.2) is 0 Å². The molecule has 0 aromatic heterocycles. The Hall–Kier alpha value is -3.35. The topological polar surface area (TPSA) is 107 Å². The first-order chi connectivity index (χ1) is 12.0. The third-order valence-electron chi connectivity index (χ3n) is 3.47. The van der Waals surface area contributed by atoms with E-state index in [1.165, 1.54) is 6.07 Å². The van der Waals surface area contributed by atoms with Crippen molar-refractivity contribution in [1.82, 2.24) is 5.32 Å². The molecule has 2 aromatic carbocycles. The van der Waals surface area contributed by atoms with Crippen molar-refractivity contribution in [1.29, 1.82) is 0 Å². The first-order valence-electron chi connectivity index (χ1n) is 7.63. The highest BCUT2D eigenvalue weighted by atomic mass is 16.6. The minimum atomic E-state index is -0.527. The Kier molecular flexibility index (Phi) is 6.11. The lowest BCUT2D eigenvalue weighted by molar-refractivity contribution is -0.385. The Bertz CT molecular complexity index is 788. The number of benzene rings is 2. The van der Waals surface area contributed by atoms with Crippen LogP contribution in [0.25, 0.3) is 6.08 Å². The molecule has 3 N–H and O–H groups in total. The Labute approximate surface area is 145 Å². The highest BCUT2D eigenvalue weighted by Crippen LogP contribution is 2.25. The van der Waals surface area contributed by atoms with Gasteiger partial charge in [0.25, 0.3) is 5.69 Å². The third kappa shape index (κ3) is 5.35. The standard InChI is InChI=1S/C18H19N3O4/c1-13-10-15(16(19)11-17(13)21(23)24)8-5-9-20-18(22)25-12-14-6-3-2-4-7-14/h2-8,10-11H,9,12,19H2,1H3,(H,20,22). The number of aryl methyl sites for hydroxylation is 1. The van der Waals surface area contributed by atoms with E-state index in [-0.39, 0.29) is 18.8 Å². The van der Waals surface area contributed by atoms with E-state index in [9.17, 15) is 14.9 Å². The smallest absolute Gasteiger partial charge is 0.407 e. The number of hydrogen-bond donors (Lipinski definition) is 2. The van der Waals surface area contributed by atoms with E-state index in [2.05, 4.69) is 5.32 Å². The molecule has 130 valence electrons. The first kappa shape index (κ1) is 18.0. The zero-order chi connectivity index (χ0) is 18.2. The van der Waals surface area contributed by atoms with E-state index in [0.717, 1.165) is 5.56 Å². The summed E-state index contributed by atoms with van der Waals surface area (Å²) in [5.41, 5.74) is 8.19. The molecule has 0 aliphatic rings. The molecule has 0 atom stereocenters. The summed E-state index contributed by atoms with van der Waals surface area (Å²) in [7, 11) is 0. The second-order valence-electron chi connectivity index (χ2n) is 5.37. The van der Waals surface area contributed by atoms with Crippen molar-refractivity contribution >= 4 is 23.5 Å². The molecule has 2 aromatic rings. The number of nitrogens with zero attached hydrogens (tertiary/aromatic N) is 1. The summed E-state index contributed by atoms with van der Waals surface area (Å²) in [5, 5.41) is 13.4. The van der Waals surface area contributed by atoms with Crippen LogP contribution in [0.15, 0.2) is 48.5 Å². The fourth-order valence-electron chi connectivity index (χ4n) is 2.18. The number of nitrogens with two attached hydrogens (primary N) is 1. The fraction of sp³-hybridized carbons (Fsp3) is 0.167. The number of anilines is 1. The molecule has 0 fully saturated rings. The second-order valence-corrected chi connectivity index (χ2v) is 5.37. The maximum absolute atomic E-state index is 11.6. The van der Waals surface area contributed by atoms with E-state index in [4.69, 9.17) is 10.5 Å². The van der Waals surface area contributed by atoms with Crippen molar-refractivity contribution in [2.75, 3.05) is 12.3 Å². The lowest BCUT2D eigenvalue weighted by atomic mass is 10.1. The van der Waals surface area contributed by atoms with Crippen LogP contribution < -0.4 is 11.1 Å². The summed E-state index contributed by atoms with van der Waals surface area (Å²) in [6, 6.07) is 12.3. The van der Waals surface area contributed by atoms with Gasteiger partial charge in [0, 0.05) is 23.9 Å². The van der Waals surface area contributed by atoms with Crippen molar-refractivity contribution < 1.29 is 14.5 Å². The van der Waals surface area contributed by atoms with Crippen LogP contribution >= 0.6 is 0 Å². The number of nitro benzene ring substituents is 1. The summed E-state index contributed by atoms with van der Waals surface area (Å²) in [5.74, 6) is 0. The number of hydrogen-bond acceptors (Lipinski definition) is 5. The number of nitrogen functional groups attached to an aromatic ring is 1. The SMILES string of the molecule is Cc1cc(C=CCNC(=O)OCc2ccccc2)c(N)cc1[N+](=O)[O-]. The van der Waals surface area contributed by atoms with Gasteiger partial charge in [0.05, 0.1) is 4.92 Å². The number of rotatable bonds is 6. The molecule has 0 aliphatic heterocycles. The average Bonchev–Trinajstić information content (AvgIpc) is 2.60. The van der Waals surface area contributed by atoms with Crippen LogP contribution in [0, 0.1) is 17.0 Å². The van der Waals surface area contributed by atoms with Crippen LogP contribution in [-0.4, -0.2) is 17.6 Å². The molecule has 0 radical (unpaired) electrons. The van der Waals surface area contributed by atoms with Gasteiger partial charge in [-0.1, -0.05) is 42.5 Å². The molecule has 0 bridgehead atoms. The third-order valence-corrected chi connectivity index (χ3v) is 3.47. The van der Waals surface area contributed by atoms with Crippen LogP contribution in [0.5, 0.6) is 0 Å². The van der Waals surface area contributed by atoms with E-state index < -0.39 is 11.0 Å². The van der Waals surface area contributed by atoms with E-state index in [1.54, 1.807) is 25.1 Å². The van der Waals surface area contributed by atoms with Gasteiger partial charge in [0.1, 0.15) is 6.61 Å². The van der Waals surface area contributed by atoms with Gasteiger partial charge in [-0.2, -0.15) is 0 Å². The number of alkyl carbamates (subject to hydrolysis) is 1. The summed E-state index contributed by atoms with van der Waals surface area (Å²) >= 11 is 0. The molecule has 0 heterocycles. The Balaban J connectivity index is 1.84. The van der Waals surface area contributed by atoms with Crippen LogP contribution in [0.3, 0.4) is 0 Å². The number of carbonyl (C=O) groups excluding carboxylic acids is 1. The van der Waals surface area contributed by atoms with Gasteiger partial charge in [-0.15, -0.1) is 0 Å². The largest absolute Gasteiger partial charge is 0.445 e. The lowest BCUT2D eigenvalue weighted by Crippen LogP contribution is -2.24. The van der Waals surface area contributed by atoms with Crippen molar-refractivity contribution in [3.8, 4) is 0 Å². The summed E-state index contributed by atoms with van der Waals surface area (Å²) in [6.07, 6.45) is 2.87. The normalized spacial score (nSPS) is 10.6. The average molecular weight is 341 g/mol. The summed E-state index contributed by atoms with van der Waals surface area (Å²) < 4.78 is 5.08. The van der Waals surface area contributed by atoms with Crippen molar-refractivity contribution in [2.45, 2.75) is 13.5 Å². The van der Waals surface area contributed by atoms with Crippen LogP contribution in [0.4, 0.5) is 16.2 Å². The van der Waals surface area contributed by atoms with Gasteiger partial charge in [-0.25, -0.2) is 4.79 Å². The molecule has 2 rings (SSSR count). The second kappa shape index (κ2) is 8.49. The van der Waals surface area contributed by atoms with Crippen molar-refractivity contribution in [3.63, 3.8) is 0 Å². The maximum Gasteiger partial charge on any atom is 0.407 e. The molecule has 0 saturated carbocycles. The number of nitrogens with one attached hydrogen (secondary N) is 1. The maximum atomic E-state index is 11.6. The highest BCUT2D eigenvalue weighted by Gasteiger charge is 2.12. The van der Waals surface area contributed by atoms with E-state index in [0.29, 0.717) is 16.8 Å². The van der Waals surface area contributed by atoms with E-state index in [1.807, 2.05) is 30.3 Å². The fourth-order valence-corrected chi connectivity index (χ4v) is 2.18. The molecule has 0 spiro atoms. The lowest BCUT2D eigenvalue weighted by Gasteiger charge is -2.06. The molecule has 0 aliphatic carbocycles. The Morgan fingerprint density at radius 2 is 2.04 bits per heavy atom. The van der Waals surface area contributed by atoms with Gasteiger partial charge < -0.3 is 15.8 Å². The monoisotopic (exact) mass is 341 g/mol. The molecule has 0 unspecified atom stereocenters. The van der Waals surface area contributed by atoms with Gasteiger partial charge in [-0.05, 0) is 24.1 Å². The molecule has 1 amide bonds. The van der Waals surface area contributed by atoms with Crippen LogP contribution in [-0.2, 0) is 11.3 Å². The first-order valence-corrected chi connectivity index (χ1v) is 7.63. The Morgan fingerprint density at radius 1 is 1.32 bits per heavy atom. The van der Waals surface area contributed by atoms with Crippen molar-refractivity contribution in [3.05, 3.63) is 75.3 Å².